The Bertz CT molecular complexity index is 347. The molecule has 0 heterocycles. The number of ether oxygens (including phenoxy) is 1. The molecule has 3 unspecified atom stereocenters. The molecule has 0 bridgehead atoms. The average molecular weight is 363 g/mol. The van der Waals surface area contributed by atoms with Crippen LogP contribution >= 0.6 is 0 Å². The second kappa shape index (κ2) is 13.3. The van der Waals surface area contributed by atoms with Gasteiger partial charge in [-0.2, -0.15) is 0 Å². The number of hydrogen-bond acceptors (Lipinski definition) is 6. The Morgan fingerprint density at radius 2 is 1.36 bits per heavy atom. The molecule has 0 radical (unpaired) electrons. The van der Waals surface area contributed by atoms with E-state index in [0.717, 1.165) is 6.42 Å². The van der Waals surface area contributed by atoms with Crippen LogP contribution in [0.4, 0.5) is 4.79 Å². The van der Waals surface area contributed by atoms with Gasteiger partial charge < -0.3 is 31.1 Å². The molecule has 0 aliphatic heterocycles. The van der Waals surface area contributed by atoms with Gasteiger partial charge in [-0.1, -0.05) is 0 Å². The average Bonchev–Trinajstić information content (AvgIpc) is 2.51. The Morgan fingerprint density at radius 1 is 0.920 bits per heavy atom. The summed E-state index contributed by atoms with van der Waals surface area (Å²) in [6.07, 6.45) is 2.86. The van der Waals surface area contributed by atoms with E-state index in [-0.39, 0.29) is 0 Å². The molecule has 0 saturated heterocycles. The molecule has 1 amide bonds. The Balaban J connectivity index is 3.66. The number of rotatable bonds is 13. The van der Waals surface area contributed by atoms with Crippen molar-refractivity contribution in [2.24, 2.45) is 5.73 Å². The second-order valence-corrected chi connectivity index (χ2v) is 7.62. The molecule has 0 aliphatic carbocycles. The van der Waals surface area contributed by atoms with Gasteiger partial charge in [-0.05, 0) is 78.7 Å². The minimum atomic E-state index is -0.516. The zero-order valence-electron chi connectivity index (χ0n) is 16.0. The molecule has 25 heavy (non-hydrogen) atoms. The van der Waals surface area contributed by atoms with Crippen LogP contribution in [-0.2, 0) is 4.74 Å². The van der Waals surface area contributed by atoms with Gasteiger partial charge in [-0.25, -0.2) is 4.79 Å². The monoisotopic (exact) mass is 362 g/mol. The summed E-state index contributed by atoms with van der Waals surface area (Å²) in [5.41, 5.74) is 4.87. The Labute approximate surface area is 151 Å². The molecule has 0 spiro atoms. The summed E-state index contributed by atoms with van der Waals surface area (Å²) in [5, 5.41) is 32.2. The third kappa shape index (κ3) is 16.3. The van der Waals surface area contributed by atoms with E-state index < -0.39 is 30.0 Å². The van der Waals surface area contributed by atoms with E-state index in [1.54, 1.807) is 20.8 Å². The minimum Gasteiger partial charge on any atom is -0.444 e. The highest BCUT2D eigenvalue weighted by Crippen LogP contribution is 2.13. The van der Waals surface area contributed by atoms with Crippen LogP contribution in [-0.4, -0.2) is 58.4 Å². The highest BCUT2D eigenvalue weighted by molar-refractivity contribution is 5.67. The molecule has 0 rings (SSSR count). The van der Waals surface area contributed by atoms with E-state index in [9.17, 15) is 20.1 Å². The zero-order valence-corrected chi connectivity index (χ0v) is 16.0. The standard InChI is InChI=1S/C18H38N2O5/c1-18(2,3)25-17(24)20-13-5-7-15(22)9-11-16(23)10-8-14(21)6-4-12-19/h14-16,21-23H,4-13,19H2,1-3H3,(H,20,24). The predicted octanol–water partition coefficient (Wildman–Crippen LogP) is 1.67. The molecule has 7 nitrogen and oxygen atoms in total. The van der Waals surface area contributed by atoms with Crippen molar-refractivity contribution in [1.29, 1.82) is 0 Å². The molecule has 0 aromatic heterocycles. The summed E-state index contributed by atoms with van der Waals surface area (Å²) >= 11 is 0. The highest BCUT2D eigenvalue weighted by atomic mass is 16.6. The summed E-state index contributed by atoms with van der Waals surface area (Å²) in [6.45, 7) is 6.42. The molecule has 3 atom stereocenters. The number of alkyl carbamates (subject to hydrolysis) is 1. The van der Waals surface area contributed by atoms with Crippen LogP contribution < -0.4 is 11.1 Å². The second-order valence-electron chi connectivity index (χ2n) is 7.62. The van der Waals surface area contributed by atoms with Crippen LogP contribution in [0.1, 0.15) is 72.1 Å². The number of aliphatic hydroxyl groups is 3. The first-order valence-corrected chi connectivity index (χ1v) is 9.35. The molecule has 0 aromatic rings. The van der Waals surface area contributed by atoms with Gasteiger partial charge in [0.15, 0.2) is 0 Å². The van der Waals surface area contributed by atoms with Gasteiger partial charge in [-0.15, -0.1) is 0 Å². The maximum Gasteiger partial charge on any atom is 0.407 e. The van der Waals surface area contributed by atoms with Crippen molar-refractivity contribution < 1.29 is 24.9 Å². The van der Waals surface area contributed by atoms with E-state index in [1.807, 2.05) is 0 Å². The fraction of sp³-hybridized carbons (Fsp3) is 0.944. The molecule has 7 heteroatoms. The van der Waals surface area contributed by atoms with Crippen molar-refractivity contribution in [2.45, 2.75) is 96.1 Å². The van der Waals surface area contributed by atoms with Crippen molar-refractivity contribution in [3.8, 4) is 0 Å². The van der Waals surface area contributed by atoms with Gasteiger partial charge in [0.05, 0.1) is 18.3 Å². The molecule has 0 aliphatic rings. The maximum absolute atomic E-state index is 11.5. The number of hydrogen-bond donors (Lipinski definition) is 5. The fourth-order valence-electron chi connectivity index (χ4n) is 2.40. The Hall–Kier alpha value is -0.890. The Morgan fingerprint density at radius 3 is 1.80 bits per heavy atom. The number of carbonyl (C=O) groups is 1. The van der Waals surface area contributed by atoms with Gasteiger partial charge in [-0.3, -0.25) is 0 Å². The molecule has 6 N–H and O–H groups in total. The van der Waals surface area contributed by atoms with E-state index in [2.05, 4.69) is 5.32 Å². The van der Waals surface area contributed by atoms with E-state index in [0.29, 0.717) is 58.0 Å². The van der Waals surface area contributed by atoms with E-state index in [4.69, 9.17) is 10.5 Å². The van der Waals surface area contributed by atoms with Gasteiger partial charge in [0, 0.05) is 6.54 Å². The lowest BCUT2D eigenvalue weighted by Gasteiger charge is -2.20. The molecular weight excluding hydrogens is 324 g/mol. The first-order chi connectivity index (χ1) is 11.6. The number of amides is 1. The molecule has 0 fully saturated rings. The minimum absolute atomic E-state index is 0.415. The van der Waals surface area contributed by atoms with Crippen LogP contribution in [0.3, 0.4) is 0 Å². The number of aliphatic hydroxyl groups excluding tert-OH is 3. The van der Waals surface area contributed by atoms with Gasteiger partial charge in [0.25, 0.3) is 0 Å². The SMILES string of the molecule is CC(C)(C)OC(=O)NCCCC(O)CCC(O)CCC(O)CCCN. The molecule has 150 valence electrons. The third-order valence-corrected chi connectivity index (χ3v) is 3.79. The van der Waals surface area contributed by atoms with Crippen LogP contribution in [0.5, 0.6) is 0 Å². The summed E-state index contributed by atoms with van der Waals surface area (Å²) < 4.78 is 5.12. The zero-order chi connectivity index (χ0) is 19.3. The largest absolute Gasteiger partial charge is 0.444 e. The molecule has 0 saturated carbocycles. The van der Waals surface area contributed by atoms with Crippen molar-refractivity contribution in [1.82, 2.24) is 5.32 Å². The van der Waals surface area contributed by atoms with Crippen LogP contribution in [0, 0.1) is 0 Å². The summed E-state index contributed by atoms with van der Waals surface area (Å²) in [5.74, 6) is 0. The lowest BCUT2D eigenvalue weighted by atomic mass is 10.0. The third-order valence-electron chi connectivity index (χ3n) is 3.79. The van der Waals surface area contributed by atoms with E-state index in [1.165, 1.54) is 0 Å². The summed E-state index contributed by atoms with van der Waals surface area (Å²) in [6, 6.07) is 0. The van der Waals surface area contributed by atoms with Crippen molar-refractivity contribution in [2.75, 3.05) is 13.1 Å². The van der Waals surface area contributed by atoms with Gasteiger partial charge in [0.1, 0.15) is 5.60 Å². The van der Waals surface area contributed by atoms with Crippen molar-refractivity contribution in [3.63, 3.8) is 0 Å². The van der Waals surface area contributed by atoms with Crippen LogP contribution in [0.2, 0.25) is 0 Å². The van der Waals surface area contributed by atoms with E-state index >= 15 is 0 Å². The van der Waals surface area contributed by atoms with Crippen LogP contribution in [0.15, 0.2) is 0 Å². The quantitative estimate of drug-likeness (QED) is 0.317. The maximum atomic E-state index is 11.5. The number of nitrogens with two attached hydrogens (primary N) is 1. The summed E-state index contributed by atoms with van der Waals surface area (Å²) in [4.78, 5) is 11.5. The van der Waals surface area contributed by atoms with Gasteiger partial charge >= 0.3 is 6.09 Å². The lowest BCUT2D eigenvalue weighted by Crippen LogP contribution is -2.33. The lowest BCUT2D eigenvalue weighted by molar-refractivity contribution is 0.0521. The van der Waals surface area contributed by atoms with Gasteiger partial charge in [0.2, 0.25) is 0 Å². The molecular formula is C18H38N2O5. The predicted molar refractivity (Wildman–Crippen MR) is 98.2 cm³/mol. The van der Waals surface area contributed by atoms with Crippen molar-refractivity contribution in [3.05, 3.63) is 0 Å². The topological polar surface area (TPSA) is 125 Å². The number of nitrogens with one attached hydrogen (secondary N) is 1. The first kappa shape index (κ1) is 24.1. The Kier molecular flexibility index (Phi) is 12.9. The normalized spacial score (nSPS) is 15.5. The number of carbonyl (C=O) groups excluding carboxylic acids is 1. The highest BCUT2D eigenvalue weighted by Gasteiger charge is 2.16. The van der Waals surface area contributed by atoms with Crippen molar-refractivity contribution >= 4 is 6.09 Å². The first-order valence-electron chi connectivity index (χ1n) is 9.35. The smallest absolute Gasteiger partial charge is 0.407 e. The molecule has 0 aromatic carbocycles. The fourth-order valence-corrected chi connectivity index (χ4v) is 2.40. The van der Waals surface area contributed by atoms with Crippen LogP contribution in [0.25, 0.3) is 0 Å². The summed E-state index contributed by atoms with van der Waals surface area (Å²) in [7, 11) is 0.